The number of thiazole rings is 1. The van der Waals surface area contributed by atoms with Gasteiger partial charge in [-0.1, -0.05) is 35.6 Å². The highest BCUT2D eigenvalue weighted by Gasteiger charge is 2.54. The van der Waals surface area contributed by atoms with Crippen LogP contribution in [0.25, 0.3) is 22.0 Å². The van der Waals surface area contributed by atoms with E-state index in [0.29, 0.717) is 21.9 Å². The lowest BCUT2D eigenvalue weighted by Gasteiger charge is -2.39. The summed E-state index contributed by atoms with van der Waals surface area (Å²) in [5.41, 5.74) is 4.24. The van der Waals surface area contributed by atoms with Crippen LogP contribution < -0.4 is 19.1 Å². The molecule has 33 heavy (non-hydrogen) atoms. The fourth-order valence-electron chi connectivity index (χ4n) is 4.29. The Kier molecular flexibility index (Phi) is 5.13. The minimum absolute atomic E-state index is 0.460. The predicted octanol–water partition coefficient (Wildman–Crippen LogP) is 5.56. The third kappa shape index (κ3) is 3.55. The van der Waals surface area contributed by atoms with Gasteiger partial charge in [-0.3, -0.25) is 0 Å². The van der Waals surface area contributed by atoms with Crippen LogP contribution in [0.2, 0.25) is 0 Å². The lowest BCUT2D eigenvalue weighted by molar-refractivity contribution is -0.535. The topological polar surface area (TPSA) is 13.6 Å². The maximum atomic E-state index is 16.4. The van der Waals surface area contributed by atoms with Gasteiger partial charge in [0.15, 0.2) is 5.52 Å². The molecule has 0 radical (unpaired) electrons. The van der Waals surface area contributed by atoms with Gasteiger partial charge in [-0.15, -0.1) is 0 Å². The summed E-state index contributed by atoms with van der Waals surface area (Å²) in [4.78, 5) is 5.16. The van der Waals surface area contributed by atoms with E-state index < -0.39 is 6.97 Å². The van der Waals surface area contributed by atoms with Gasteiger partial charge >= 0.3 is 6.97 Å². The lowest BCUT2D eigenvalue weighted by Crippen LogP contribution is -2.71. The maximum absolute atomic E-state index is 16.4. The number of benzene rings is 3. The number of halogens is 2. The first-order valence-corrected chi connectivity index (χ1v) is 11.6. The number of nitrogens with zero attached hydrogens (tertiary/aromatic N) is 4. The molecule has 0 aliphatic carbocycles. The van der Waals surface area contributed by atoms with Gasteiger partial charge in [0.2, 0.25) is 5.01 Å². The van der Waals surface area contributed by atoms with Crippen molar-refractivity contribution in [2.24, 2.45) is 0 Å². The van der Waals surface area contributed by atoms with Crippen molar-refractivity contribution in [1.82, 2.24) is 0 Å². The van der Waals surface area contributed by atoms with Gasteiger partial charge in [-0.2, -0.15) is 0 Å². The van der Waals surface area contributed by atoms with Gasteiger partial charge < -0.3 is 27.7 Å². The predicted molar refractivity (Wildman–Crippen MR) is 137 cm³/mol. The summed E-state index contributed by atoms with van der Waals surface area (Å²) in [6.45, 7) is -4.13. The van der Waals surface area contributed by atoms with Crippen LogP contribution in [0.15, 0.2) is 72.8 Å². The molecular formula is C25H25BF2N4S. The molecule has 1 aliphatic rings. The molecule has 0 atom stereocenters. The van der Waals surface area contributed by atoms with E-state index in [4.69, 9.17) is 0 Å². The fourth-order valence-corrected chi connectivity index (χ4v) is 5.43. The SMILES string of the molecule is CN(C)c1ccc(C2=Cc3sc4ccccc4[n+]3[B-](F)(F)N2c2ccc(N(C)C)cc2)cc1. The minimum atomic E-state index is -4.13. The van der Waals surface area contributed by atoms with E-state index in [1.165, 1.54) is 20.6 Å². The zero-order valence-electron chi connectivity index (χ0n) is 19.0. The molecule has 0 saturated heterocycles. The Labute approximate surface area is 196 Å². The van der Waals surface area contributed by atoms with E-state index in [1.807, 2.05) is 98.7 Å². The molecule has 0 spiro atoms. The zero-order valence-corrected chi connectivity index (χ0v) is 19.9. The maximum Gasteiger partial charge on any atom is 0.738 e. The Hall–Kier alpha value is -3.39. The monoisotopic (exact) mass is 462 g/mol. The largest absolute Gasteiger partial charge is 0.738 e. The van der Waals surface area contributed by atoms with E-state index in [1.54, 1.807) is 18.2 Å². The van der Waals surface area contributed by atoms with Crippen LogP contribution in [0.5, 0.6) is 0 Å². The molecule has 0 unspecified atom stereocenters. The van der Waals surface area contributed by atoms with E-state index in [9.17, 15) is 0 Å². The molecule has 0 N–H and O–H groups in total. The van der Waals surface area contributed by atoms with E-state index >= 15 is 8.63 Å². The number of rotatable bonds is 4. The molecule has 4 nitrogen and oxygen atoms in total. The molecule has 0 fully saturated rings. The quantitative estimate of drug-likeness (QED) is 0.369. The highest BCUT2D eigenvalue weighted by atomic mass is 32.1. The van der Waals surface area contributed by atoms with Crippen molar-refractivity contribution in [2.45, 2.75) is 0 Å². The number of aromatic nitrogens is 1. The average molecular weight is 462 g/mol. The van der Waals surface area contributed by atoms with Crippen LogP contribution in [0.3, 0.4) is 0 Å². The molecule has 0 saturated carbocycles. The summed E-state index contributed by atoms with van der Waals surface area (Å²) >= 11 is 1.39. The van der Waals surface area contributed by atoms with Crippen LogP contribution in [-0.4, -0.2) is 35.2 Å². The Morgan fingerprint density at radius 3 is 1.97 bits per heavy atom. The van der Waals surface area contributed by atoms with Crippen LogP contribution in [0.4, 0.5) is 25.7 Å². The van der Waals surface area contributed by atoms with Gasteiger partial charge in [0.05, 0.1) is 4.70 Å². The second-order valence-electron chi connectivity index (χ2n) is 8.62. The highest BCUT2D eigenvalue weighted by molar-refractivity contribution is 7.19. The van der Waals surface area contributed by atoms with Crippen molar-refractivity contribution in [3.8, 4) is 0 Å². The smallest absolute Gasteiger partial charge is 0.390 e. The third-order valence-electron chi connectivity index (χ3n) is 6.04. The van der Waals surface area contributed by atoms with Crippen LogP contribution >= 0.6 is 11.3 Å². The lowest BCUT2D eigenvalue weighted by atomic mass is 9.86. The second kappa shape index (κ2) is 7.88. The molecule has 168 valence electrons. The Balaban J connectivity index is 1.73. The number of para-hydroxylation sites is 1. The molecule has 5 rings (SSSR count). The van der Waals surface area contributed by atoms with Crippen LogP contribution in [-0.2, 0) is 0 Å². The first-order chi connectivity index (χ1) is 15.8. The first-order valence-electron chi connectivity index (χ1n) is 10.8. The van der Waals surface area contributed by atoms with Crippen molar-refractivity contribution in [3.63, 3.8) is 0 Å². The van der Waals surface area contributed by atoms with Gasteiger partial charge in [0.1, 0.15) is 0 Å². The Bertz CT molecular complexity index is 1350. The Morgan fingerprint density at radius 2 is 1.36 bits per heavy atom. The van der Waals surface area contributed by atoms with Gasteiger partial charge in [0, 0.05) is 63.1 Å². The van der Waals surface area contributed by atoms with Crippen molar-refractivity contribution in [1.29, 1.82) is 0 Å². The van der Waals surface area contributed by atoms with E-state index in [-0.39, 0.29) is 0 Å². The highest BCUT2D eigenvalue weighted by Crippen LogP contribution is 2.39. The van der Waals surface area contributed by atoms with Crippen molar-refractivity contribution in [2.75, 3.05) is 42.8 Å². The molecule has 3 aromatic carbocycles. The molecule has 1 aliphatic heterocycles. The molecule has 2 heterocycles. The van der Waals surface area contributed by atoms with Gasteiger partial charge in [-0.05, 0) is 48.0 Å². The first kappa shape index (κ1) is 21.5. The minimum Gasteiger partial charge on any atom is -0.390 e. The van der Waals surface area contributed by atoms with Crippen molar-refractivity contribution in [3.05, 3.63) is 83.4 Å². The standard InChI is InChI=1S/C25H25BF2N4S/c1-29(2)19-11-9-18(10-12-19)23-17-25-32(22-7-5-6-8-24(22)33-25)26(27,28)31(23)21-15-13-20(14-16-21)30(3)4/h5-17H,1-4H3. The number of anilines is 3. The normalized spacial score (nSPS) is 14.7. The van der Waals surface area contributed by atoms with E-state index in [2.05, 4.69) is 0 Å². The van der Waals surface area contributed by atoms with Crippen LogP contribution in [0, 0.1) is 0 Å². The number of hydrogen-bond acceptors (Lipinski definition) is 4. The zero-order chi connectivity index (χ0) is 23.3. The number of fused-ring (bicyclic) bond motifs is 3. The van der Waals surface area contributed by atoms with Crippen LogP contribution in [0.1, 0.15) is 10.6 Å². The van der Waals surface area contributed by atoms with Crippen molar-refractivity contribution < 1.29 is 13.1 Å². The molecule has 0 amide bonds. The summed E-state index contributed by atoms with van der Waals surface area (Å²) < 4.78 is 34.9. The third-order valence-corrected chi connectivity index (χ3v) is 7.13. The summed E-state index contributed by atoms with van der Waals surface area (Å²) in [6.07, 6.45) is 1.88. The van der Waals surface area contributed by atoms with Gasteiger partial charge in [-0.25, -0.2) is 0 Å². The molecule has 8 heteroatoms. The summed E-state index contributed by atoms with van der Waals surface area (Å²) in [7, 11) is 7.80. The number of hydrogen-bond donors (Lipinski definition) is 0. The second-order valence-corrected chi connectivity index (χ2v) is 9.68. The summed E-state index contributed by atoms with van der Waals surface area (Å²) in [5, 5.41) is 0.550. The van der Waals surface area contributed by atoms with E-state index in [0.717, 1.165) is 21.6 Å². The fraction of sp³-hybridized carbons (Fsp3) is 0.160. The van der Waals surface area contributed by atoms with Gasteiger partial charge in [0.25, 0.3) is 0 Å². The summed E-state index contributed by atoms with van der Waals surface area (Å²) in [5.74, 6) is 0. The Morgan fingerprint density at radius 1 is 0.788 bits per heavy atom. The summed E-state index contributed by atoms with van der Waals surface area (Å²) in [6, 6.07) is 22.4. The molecule has 4 aromatic rings. The average Bonchev–Trinajstić information content (AvgIpc) is 3.18. The van der Waals surface area contributed by atoms with Crippen molar-refractivity contribution >= 4 is 57.4 Å². The molecular weight excluding hydrogens is 437 g/mol. The molecule has 0 bridgehead atoms. The molecule has 1 aromatic heterocycles.